The number of H-pyrrole nitrogens is 1. The maximum Gasteiger partial charge on any atom is 0.256 e. The van der Waals surface area contributed by atoms with Crippen LogP contribution in [0.2, 0.25) is 0 Å². The molecule has 2 aromatic rings. The standard InChI is InChI=1S/C19H24N4O3/c1-21(2)18(25)16-9-26-19(10-22(16)3)11-23(12-19)17(24)14-8-20-15-7-5-4-6-13(14)15/h4-8,16,20H,9-12H2,1-3H3/t16-/m0/s1. The zero-order valence-corrected chi connectivity index (χ0v) is 15.4. The number of hydrogen-bond donors (Lipinski definition) is 1. The lowest BCUT2D eigenvalue weighted by atomic mass is 9.90. The van der Waals surface area contributed by atoms with Crippen molar-refractivity contribution < 1.29 is 14.3 Å². The Balaban J connectivity index is 1.42. The highest BCUT2D eigenvalue weighted by Crippen LogP contribution is 2.32. The van der Waals surface area contributed by atoms with Gasteiger partial charge in [0, 0.05) is 37.7 Å². The van der Waals surface area contributed by atoms with Crippen molar-refractivity contribution in [2.24, 2.45) is 0 Å². The summed E-state index contributed by atoms with van der Waals surface area (Å²) in [5, 5.41) is 0.941. The molecular weight excluding hydrogens is 332 g/mol. The first-order valence-electron chi connectivity index (χ1n) is 8.81. The van der Waals surface area contributed by atoms with Gasteiger partial charge >= 0.3 is 0 Å². The predicted octanol–water partition coefficient (Wildman–Crippen LogP) is 0.781. The Morgan fingerprint density at radius 3 is 2.65 bits per heavy atom. The molecule has 2 aliphatic rings. The monoisotopic (exact) mass is 356 g/mol. The average Bonchev–Trinajstić information content (AvgIpc) is 3.02. The first-order chi connectivity index (χ1) is 12.4. The molecule has 1 N–H and O–H groups in total. The Kier molecular flexibility index (Phi) is 4.00. The SMILES string of the molecule is CN(C)C(=O)[C@@H]1COC2(CN(C(=O)c3c[nH]c4ccccc34)C2)CN1C. The van der Waals surface area contributed by atoms with Gasteiger partial charge in [-0.2, -0.15) is 0 Å². The molecule has 138 valence electrons. The molecule has 0 radical (unpaired) electrons. The van der Waals surface area contributed by atoms with Crippen molar-refractivity contribution in [2.45, 2.75) is 11.6 Å². The van der Waals surface area contributed by atoms with E-state index in [1.807, 2.05) is 41.1 Å². The van der Waals surface area contributed by atoms with Gasteiger partial charge in [-0.25, -0.2) is 0 Å². The van der Waals surface area contributed by atoms with Crippen molar-refractivity contribution in [3.8, 4) is 0 Å². The Labute approximate surface area is 152 Å². The number of nitrogens with zero attached hydrogens (tertiary/aromatic N) is 3. The molecule has 1 spiro atoms. The van der Waals surface area contributed by atoms with Crippen LogP contribution in [-0.2, 0) is 9.53 Å². The van der Waals surface area contributed by atoms with Crippen LogP contribution in [0.25, 0.3) is 10.9 Å². The second-order valence-corrected chi connectivity index (χ2v) is 7.57. The van der Waals surface area contributed by atoms with Gasteiger partial charge in [0.05, 0.1) is 25.3 Å². The molecule has 1 atom stereocenters. The number of carbonyl (C=O) groups is 2. The molecule has 26 heavy (non-hydrogen) atoms. The fourth-order valence-electron chi connectivity index (χ4n) is 3.95. The van der Waals surface area contributed by atoms with Crippen molar-refractivity contribution in [1.29, 1.82) is 0 Å². The van der Waals surface area contributed by atoms with Gasteiger partial charge in [0.15, 0.2) is 0 Å². The number of amides is 2. The van der Waals surface area contributed by atoms with Crippen molar-refractivity contribution in [3.05, 3.63) is 36.0 Å². The number of ether oxygens (including phenoxy) is 1. The molecule has 7 heteroatoms. The normalized spacial score (nSPS) is 22.4. The largest absolute Gasteiger partial charge is 0.368 e. The molecular formula is C19H24N4O3. The van der Waals surface area contributed by atoms with E-state index in [2.05, 4.69) is 4.98 Å². The quantitative estimate of drug-likeness (QED) is 0.864. The van der Waals surface area contributed by atoms with E-state index in [-0.39, 0.29) is 23.5 Å². The molecule has 0 aliphatic carbocycles. The summed E-state index contributed by atoms with van der Waals surface area (Å²) in [4.78, 5) is 33.7. The third-order valence-corrected chi connectivity index (χ3v) is 5.41. The van der Waals surface area contributed by atoms with E-state index in [9.17, 15) is 9.59 Å². The Morgan fingerprint density at radius 2 is 1.96 bits per heavy atom. The van der Waals surface area contributed by atoms with Gasteiger partial charge < -0.3 is 19.5 Å². The van der Waals surface area contributed by atoms with Crippen LogP contribution in [0.1, 0.15) is 10.4 Å². The second kappa shape index (κ2) is 6.10. The van der Waals surface area contributed by atoms with Crippen molar-refractivity contribution in [1.82, 2.24) is 19.7 Å². The highest BCUT2D eigenvalue weighted by atomic mass is 16.5. The smallest absolute Gasteiger partial charge is 0.256 e. The number of nitrogens with one attached hydrogen (secondary N) is 1. The molecule has 1 aromatic heterocycles. The summed E-state index contributed by atoms with van der Waals surface area (Å²) in [7, 11) is 5.46. The molecule has 2 fully saturated rings. The number of carbonyl (C=O) groups excluding carboxylic acids is 2. The van der Waals surface area contributed by atoms with E-state index in [1.165, 1.54) is 0 Å². The number of benzene rings is 1. The molecule has 2 saturated heterocycles. The highest BCUT2D eigenvalue weighted by Gasteiger charge is 2.51. The van der Waals surface area contributed by atoms with Crippen LogP contribution < -0.4 is 0 Å². The van der Waals surface area contributed by atoms with E-state index >= 15 is 0 Å². The van der Waals surface area contributed by atoms with Gasteiger partial charge in [-0.1, -0.05) is 18.2 Å². The molecule has 0 unspecified atom stereocenters. The van der Waals surface area contributed by atoms with Crippen molar-refractivity contribution >= 4 is 22.7 Å². The number of likely N-dealkylation sites (N-methyl/N-ethyl adjacent to an activating group) is 2. The number of rotatable bonds is 2. The van der Waals surface area contributed by atoms with E-state index < -0.39 is 0 Å². The summed E-state index contributed by atoms with van der Waals surface area (Å²) >= 11 is 0. The van der Waals surface area contributed by atoms with Crippen LogP contribution in [0, 0.1) is 0 Å². The zero-order chi connectivity index (χ0) is 18.5. The van der Waals surface area contributed by atoms with Crippen LogP contribution in [0.4, 0.5) is 0 Å². The second-order valence-electron chi connectivity index (χ2n) is 7.57. The number of likely N-dealkylation sites (tertiary alicyclic amines) is 1. The zero-order valence-electron chi connectivity index (χ0n) is 15.4. The number of morpholine rings is 1. The molecule has 7 nitrogen and oxygen atoms in total. The van der Waals surface area contributed by atoms with Crippen molar-refractivity contribution in [2.75, 3.05) is 47.4 Å². The maximum absolute atomic E-state index is 12.8. The highest BCUT2D eigenvalue weighted by molar-refractivity contribution is 6.07. The third kappa shape index (κ3) is 2.68. The lowest BCUT2D eigenvalue weighted by molar-refractivity contribution is -0.190. The summed E-state index contributed by atoms with van der Waals surface area (Å²) in [5.74, 6) is 0.0687. The van der Waals surface area contributed by atoms with Gasteiger partial charge in [-0.15, -0.1) is 0 Å². The molecule has 2 amide bonds. The number of para-hydroxylation sites is 1. The Bertz CT molecular complexity index is 853. The third-order valence-electron chi connectivity index (χ3n) is 5.41. The molecule has 2 aliphatic heterocycles. The van der Waals surface area contributed by atoms with Crippen molar-refractivity contribution in [3.63, 3.8) is 0 Å². The minimum absolute atomic E-state index is 0.0193. The summed E-state index contributed by atoms with van der Waals surface area (Å²) in [6.07, 6.45) is 1.78. The summed E-state index contributed by atoms with van der Waals surface area (Å²) < 4.78 is 6.05. The number of aromatic amines is 1. The maximum atomic E-state index is 12.8. The van der Waals surface area contributed by atoms with E-state index in [0.29, 0.717) is 31.8 Å². The summed E-state index contributed by atoms with van der Waals surface area (Å²) in [6, 6.07) is 7.55. The number of aromatic nitrogens is 1. The molecule has 0 saturated carbocycles. The first-order valence-corrected chi connectivity index (χ1v) is 8.81. The Hall–Kier alpha value is -2.38. The number of fused-ring (bicyclic) bond motifs is 1. The fraction of sp³-hybridized carbons (Fsp3) is 0.474. The lowest BCUT2D eigenvalue weighted by Crippen LogP contribution is -2.73. The minimum atomic E-state index is -0.361. The minimum Gasteiger partial charge on any atom is -0.368 e. The van der Waals surface area contributed by atoms with Gasteiger partial charge in [0.1, 0.15) is 11.6 Å². The Morgan fingerprint density at radius 1 is 1.23 bits per heavy atom. The van der Waals surface area contributed by atoms with Crippen LogP contribution in [-0.4, -0.2) is 90.5 Å². The van der Waals surface area contributed by atoms with E-state index in [1.54, 1.807) is 25.2 Å². The van der Waals surface area contributed by atoms with Crippen LogP contribution >= 0.6 is 0 Å². The summed E-state index contributed by atoms with van der Waals surface area (Å²) in [6.45, 7) is 2.12. The van der Waals surface area contributed by atoms with Crippen LogP contribution in [0.5, 0.6) is 0 Å². The van der Waals surface area contributed by atoms with Gasteiger partial charge in [-0.05, 0) is 13.1 Å². The van der Waals surface area contributed by atoms with Crippen LogP contribution in [0.15, 0.2) is 30.5 Å². The van der Waals surface area contributed by atoms with Gasteiger partial charge in [0.25, 0.3) is 5.91 Å². The predicted molar refractivity (Wildman–Crippen MR) is 98.0 cm³/mol. The first kappa shape index (κ1) is 17.1. The molecule has 3 heterocycles. The van der Waals surface area contributed by atoms with E-state index in [4.69, 9.17) is 4.74 Å². The topological polar surface area (TPSA) is 68.9 Å². The number of hydrogen-bond acceptors (Lipinski definition) is 4. The lowest BCUT2D eigenvalue weighted by Gasteiger charge is -2.54. The van der Waals surface area contributed by atoms with E-state index in [0.717, 1.165) is 10.9 Å². The fourth-order valence-corrected chi connectivity index (χ4v) is 3.95. The van der Waals surface area contributed by atoms with Gasteiger partial charge in [0.2, 0.25) is 5.91 Å². The van der Waals surface area contributed by atoms with Crippen LogP contribution in [0.3, 0.4) is 0 Å². The molecule has 1 aromatic carbocycles. The summed E-state index contributed by atoms with van der Waals surface area (Å²) in [5.41, 5.74) is 1.30. The van der Waals surface area contributed by atoms with Gasteiger partial charge in [-0.3, -0.25) is 14.5 Å². The molecule has 0 bridgehead atoms. The average molecular weight is 356 g/mol. The molecule has 4 rings (SSSR count).